The normalized spacial score (nSPS) is 11.9. The molecule has 0 bridgehead atoms. The number of unbranched alkanes of at least 4 members (excludes halogenated alkanes) is 14. The van der Waals surface area contributed by atoms with Crippen molar-refractivity contribution in [3.8, 4) is 0 Å². The summed E-state index contributed by atoms with van der Waals surface area (Å²) in [7, 11) is -3.72. The first-order valence-electron chi connectivity index (χ1n) is 13.4. The Kier molecular flexibility index (Phi) is 17.1. The molecule has 0 radical (unpaired) electrons. The quantitative estimate of drug-likeness (QED) is 0.113. The van der Waals surface area contributed by atoms with Gasteiger partial charge in [-0.1, -0.05) is 104 Å². The van der Waals surface area contributed by atoms with Crippen LogP contribution in [0.1, 0.15) is 127 Å². The highest BCUT2D eigenvalue weighted by Crippen LogP contribution is 2.23. The van der Waals surface area contributed by atoms with E-state index in [2.05, 4.69) is 13.8 Å². The fourth-order valence-corrected chi connectivity index (χ4v) is 6.65. The third-order valence-electron chi connectivity index (χ3n) is 6.28. The Labute approximate surface area is 222 Å². The number of hydrogen-bond acceptors (Lipinski definition) is 3. The highest BCUT2D eigenvalue weighted by atomic mass is 127. The van der Waals surface area contributed by atoms with Crippen molar-refractivity contribution in [2.45, 2.75) is 121 Å². The van der Waals surface area contributed by atoms with Crippen LogP contribution in [-0.2, 0) is 10.0 Å². The van der Waals surface area contributed by atoms with Crippen LogP contribution in [0.15, 0.2) is 23.1 Å². The van der Waals surface area contributed by atoms with Crippen LogP contribution in [0.25, 0.3) is 0 Å². The van der Waals surface area contributed by atoms with Crippen molar-refractivity contribution < 1.29 is 18.3 Å². The molecule has 1 N–H and O–H groups in total. The van der Waals surface area contributed by atoms with E-state index in [-0.39, 0.29) is 10.5 Å². The molecule has 0 saturated heterocycles. The molecule has 0 aliphatic rings. The molecule has 0 heterocycles. The van der Waals surface area contributed by atoms with E-state index < -0.39 is 16.0 Å². The highest BCUT2D eigenvalue weighted by Gasteiger charge is 2.25. The zero-order valence-electron chi connectivity index (χ0n) is 21.4. The van der Waals surface area contributed by atoms with Crippen molar-refractivity contribution >= 4 is 38.6 Å². The Balaban J connectivity index is 2.71. The van der Waals surface area contributed by atoms with Gasteiger partial charge < -0.3 is 5.11 Å². The minimum Gasteiger partial charge on any atom is -0.478 e. The molecule has 34 heavy (non-hydrogen) atoms. The lowest BCUT2D eigenvalue weighted by atomic mass is 10.1. The molecular weight excluding hydrogens is 561 g/mol. The number of sulfonamides is 1. The van der Waals surface area contributed by atoms with Gasteiger partial charge in [-0.25, -0.2) is 13.2 Å². The van der Waals surface area contributed by atoms with Gasteiger partial charge in [-0.05, 0) is 53.6 Å². The van der Waals surface area contributed by atoms with Crippen molar-refractivity contribution in [1.29, 1.82) is 0 Å². The lowest BCUT2D eigenvalue weighted by molar-refractivity contribution is 0.0696. The molecule has 0 aliphatic heterocycles. The second-order valence-corrected chi connectivity index (χ2v) is 12.5. The summed E-state index contributed by atoms with van der Waals surface area (Å²) in [6.07, 6.45) is 18.6. The van der Waals surface area contributed by atoms with Gasteiger partial charge in [0.25, 0.3) is 0 Å². The van der Waals surface area contributed by atoms with Gasteiger partial charge >= 0.3 is 5.97 Å². The van der Waals surface area contributed by atoms with Gasteiger partial charge in [-0.3, -0.25) is 0 Å². The van der Waals surface area contributed by atoms with Gasteiger partial charge in [0.15, 0.2) is 0 Å². The maximum atomic E-state index is 13.5. The van der Waals surface area contributed by atoms with Crippen molar-refractivity contribution in [1.82, 2.24) is 4.31 Å². The largest absolute Gasteiger partial charge is 0.478 e. The van der Waals surface area contributed by atoms with Crippen molar-refractivity contribution in [3.05, 3.63) is 27.3 Å². The summed E-state index contributed by atoms with van der Waals surface area (Å²) in [5, 5.41) is 9.38. The van der Waals surface area contributed by atoms with E-state index in [1.165, 1.54) is 76.3 Å². The Morgan fingerprint density at radius 3 is 1.56 bits per heavy atom. The lowest BCUT2D eigenvalue weighted by Gasteiger charge is -2.23. The number of nitrogens with zero attached hydrogens (tertiary/aromatic N) is 1. The van der Waals surface area contributed by atoms with Crippen molar-refractivity contribution in [3.63, 3.8) is 0 Å². The Hall–Kier alpha value is -0.670. The molecule has 5 nitrogen and oxygen atoms in total. The molecule has 7 heteroatoms. The van der Waals surface area contributed by atoms with Crippen LogP contribution in [0.3, 0.4) is 0 Å². The molecule has 196 valence electrons. The van der Waals surface area contributed by atoms with Crippen LogP contribution in [0.2, 0.25) is 0 Å². The predicted molar refractivity (Wildman–Crippen MR) is 150 cm³/mol. The number of carboxylic acid groups (broad SMARTS) is 1. The predicted octanol–water partition coefficient (Wildman–Crippen LogP) is 8.26. The van der Waals surface area contributed by atoms with Gasteiger partial charge in [0.2, 0.25) is 10.0 Å². The zero-order chi connectivity index (χ0) is 25.2. The lowest BCUT2D eigenvalue weighted by Crippen LogP contribution is -2.33. The standard InChI is InChI=1S/C27H46INO4S/c1-3-5-7-9-11-13-15-17-19-29(20-18-16-14-12-10-8-6-4-2)34(32,33)26-22-24(27(30)31)21-25(28)23-26/h21-23H,3-20H2,1-2H3,(H,30,31). The minimum atomic E-state index is -3.72. The van der Waals surface area contributed by atoms with E-state index in [0.29, 0.717) is 16.7 Å². The van der Waals surface area contributed by atoms with Gasteiger partial charge in [0.05, 0.1) is 10.5 Å². The summed E-state index contributed by atoms with van der Waals surface area (Å²) in [6, 6.07) is 4.38. The maximum Gasteiger partial charge on any atom is 0.335 e. The van der Waals surface area contributed by atoms with Crippen LogP contribution in [0, 0.1) is 3.57 Å². The number of halogens is 1. The summed E-state index contributed by atoms with van der Waals surface area (Å²) < 4.78 is 29.1. The molecule has 0 aliphatic carbocycles. The number of carbonyl (C=O) groups is 1. The minimum absolute atomic E-state index is 0.0181. The number of aromatic carboxylic acids is 1. The first kappa shape index (κ1) is 31.4. The van der Waals surface area contributed by atoms with Crippen LogP contribution in [-0.4, -0.2) is 36.9 Å². The Morgan fingerprint density at radius 2 is 1.15 bits per heavy atom. The highest BCUT2D eigenvalue weighted by molar-refractivity contribution is 14.1. The number of carboxylic acids is 1. The number of hydrogen-bond donors (Lipinski definition) is 1. The maximum absolute atomic E-state index is 13.5. The van der Waals surface area contributed by atoms with Gasteiger partial charge in [0, 0.05) is 16.7 Å². The molecule has 1 rings (SSSR count). The average Bonchev–Trinajstić information content (AvgIpc) is 2.80. The summed E-state index contributed by atoms with van der Waals surface area (Å²) in [4.78, 5) is 11.6. The van der Waals surface area contributed by atoms with Gasteiger partial charge in [-0.15, -0.1) is 0 Å². The molecular formula is C27H46INO4S. The zero-order valence-corrected chi connectivity index (χ0v) is 24.3. The first-order valence-corrected chi connectivity index (χ1v) is 15.9. The van der Waals surface area contributed by atoms with E-state index in [1.807, 2.05) is 22.6 Å². The molecule has 0 aromatic heterocycles. The fraction of sp³-hybridized carbons (Fsp3) is 0.741. The summed E-state index contributed by atoms with van der Waals surface area (Å²) in [5.74, 6) is -1.10. The van der Waals surface area contributed by atoms with E-state index in [0.717, 1.165) is 38.5 Å². The number of benzene rings is 1. The smallest absolute Gasteiger partial charge is 0.335 e. The van der Waals surface area contributed by atoms with E-state index >= 15 is 0 Å². The molecule has 1 aromatic rings. The summed E-state index contributed by atoms with van der Waals surface area (Å²) in [5.41, 5.74) is 0.0181. The number of rotatable bonds is 21. The molecule has 0 saturated carbocycles. The van der Waals surface area contributed by atoms with Crippen LogP contribution < -0.4 is 0 Å². The van der Waals surface area contributed by atoms with E-state index in [1.54, 1.807) is 10.4 Å². The van der Waals surface area contributed by atoms with Crippen LogP contribution >= 0.6 is 22.6 Å². The summed E-state index contributed by atoms with van der Waals surface area (Å²) in [6.45, 7) is 5.44. The molecule has 0 amide bonds. The van der Waals surface area contributed by atoms with Crippen molar-refractivity contribution in [2.24, 2.45) is 0 Å². The van der Waals surface area contributed by atoms with E-state index in [9.17, 15) is 18.3 Å². The SMILES string of the molecule is CCCCCCCCCCN(CCCCCCCCCC)S(=O)(=O)c1cc(I)cc(C(=O)O)c1. The molecule has 0 unspecified atom stereocenters. The third kappa shape index (κ3) is 12.9. The second kappa shape index (κ2) is 18.6. The summed E-state index contributed by atoms with van der Waals surface area (Å²) >= 11 is 1.99. The molecule has 0 fully saturated rings. The van der Waals surface area contributed by atoms with Crippen molar-refractivity contribution in [2.75, 3.05) is 13.1 Å². The Bertz CT molecular complexity index is 778. The first-order chi connectivity index (χ1) is 16.3. The van der Waals surface area contributed by atoms with Crippen LogP contribution in [0.4, 0.5) is 0 Å². The van der Waals surface area contributed by atoms with Gasteiger partial charge in [0.1, 0.15) is 0 Å². The fourth-order valence-electron chi connectivity index (χ4n) is 4.18. The Morgan fingerprint density at radius 1 is 0.735 bits per heavy atom. The monoisotopic (exact) mass is 607 g/mol. The van der Waals surface area contributed by atoms with Crippen LogP contribution in [0.5, 0.6) is 0 Å². The van der Waals surface area contributed by atoms with Gasteiger partial charge in [-0.2, -0.15) is 4.31 Å². The molecule has 0 atom stereocenters. The second-order valence-electron chi connectivity index (χ2n) is 9.33. The van der Waals surface area contributed by atoms with E-state index in [4.69, 9.17) is 0 Å². The molecule has 1 aromatic carbocycles. The molecule has 0 spiro atoms. The third-order valence-corrected chi connectivity index (χ3v) is 8.78. The topological polar surface area (TPSA) is 74.7 Å². The average molecular weight is 608 g/mol.